The number of carbonyl (C=O) groups is 2. The molecule has 0 radical (unpaired) electrons. The van der Waals surface area contributed by atoms with E-state index in [1.165, 1.54) is 24.1 Å². The summed E-state index contributed by atoms with van der Waals surface area (Å²) in [5.41, 5.74) is 1.96. The fraction of sp³-hybridized carbons (Fsp3) is 0.310. The summed E-state index contributed by atoms with van der Waals surface area (Å²) in [5.74, 6) is -0.415. The molecule has 0 spiro atoms. The summed E-state index contributed by atoms with van der Waals surface area (Å²) < 4.78 is 35.0. The van der Waals surface area contributed by atoms with Crippen molar-refractivity contribution in [2.75, 3.05) is 18.0 Å². The normalized spacial score (nSPS) is 12.1. The zero-order chi connectivity index (χ0) is 28.7. The van der Waals surface area contributed by atoms with Crippen LogP contribution in [-0.4, -0.2) is 50.9 Å². The molecule has 2 amide bonds. The zero-order valence-corrected chi connectivity index (χ0v) is 25.1. The van der Waals surface area contributed by atoms with Gasteiger partial charge in [-0.15, -0.1) is 0 Å². The van der Waals surface area contributed by atoms with Gasteiger partial charge in [-0.2, -0.15) is 0 Å². The highest BCUT2D eigenvalue weighted by molar-refractivity contribution is 9.10. The van der Waals surface area contributed by atoms with Crippen LogP contribution < -0.4 is 14.4 Å². The van der Waals surface area contributed by atoms with E-state index in [4.69, 9.17) is 4.74 Å². The summed E-state index contributed by atoms with van der Waals surface area (Å²) in [6, 6.07) is 19.4. The maximum atomic E-state index is 13.9. The topological polar surface area (TPSA) is 96.0 Å². The third-order valence-electron chi connectivity index (χ3n) is 6.07. The highest BCUT2D eigenvalue weighted by atomic mass is 79.9. The number of nitrogens with zero attached hydrogens (tertiary/aromatic N) is 2. The van der Waals surface area contributed by atoms with Crippen molar-refractivity contribution in [2.45, 2.75) is 51.2 Å². The van der Waals surface area contributed by atoms with Gasteiger partial charge in [-0.3, -0.25) is 13.9 Å². The number of sulfonamides is 1. The number of halogens is 1. The molecule has 3 aromatic carbocycles. The molecule has 8 nitrogen and oxygen atoms in total. The molecule has 0 unspecified atom stereocenters. The lowest BCUT2D eigenvalue weighted by atomic mass is 10.1. The summed E-state index contributed by atoms with van der Waals surface area (Å²) in [6.07, 6.45) is 0. The first-order valence-electron chi connectivity index (χ1n) is 12.5. The molecule has 10 heteroatoms. The Morgan fingerprint density at radius 1 is 0.974 bits per heavy atom. The summed E-state index contributed by atoms with van der Waals surface area (Å²) in [5, 5.41) is 2.85. The Morgan fingerprint density at radius 3 is 2.26 bits per heavy atom. The van der Waals surface area contributed by atoms with Crippen LogP contribution in [0.5, 0.6) is 5.75 Å². The Balaban J connectivity index is 2.05. The number of benzene rings is 3. The molecule has 0 heterocycles. The van der Waals surface area contributed by atoms with Crippen molar-refractivity contribution in [1.82, 2.24) is 10.2 Å². The standard InChI is InChI=1S/C29H34BrN3O5S/c1-20(2)31-29(35)22(4)32(18-23-8-6-9-24(30)16-23)28(34)19-33(25-10-7-11-26(17-25)38-5)39(36,37)27-14-12-21(3)13-15-27/h6-17,20,22H,18-19H2,1-5H3,(H,31,35)/t22-/m0/s1. The maximum absolute atomic E-state index is 13.9. The van der Waals surface area contributed by atoms with Crippen LogP contribution in [0.2, 0.25) is 0 Å². The molecular formula is C29H34BrN3O5S. The number of amides is 2. The van der Waals surface area contributed by atoms with Crippen molar-refractivity contribution in [1.29, 1.82) is 0 Å². The molecule has 0 aliphatic heterocycles. The molecule has 0 bridgehead atoms. The van der Waals surface area contributed by atoms with Gasteiger partial charge in [-0.25, -0.2) is 8.42 Å². The van der Waals surface area contributed by atoms with Crippen molar-refractivity contribution in [3.8, 4) is 5.75 Å². The molecule has 3 rings (SSSR count). The predicted molar refractivity (Wildman–Crippen MR) is 156 cm³/mol. The van der Waals surface area contributed by atoms with Gasteiger partial charge < -0.3 is 15.0 Å². The predicted octanol–water partition coefficient (Wildman–Crippen LogP) is 4.90. The second-order valence-electron chi connectivity index (χ2n) is 9.52. The van der Waals surface area contributed by atoms with Crippen LogP contribution in [0.25, 0.3) is 0 Å². The number of nitrogens with one attached hydrogen (secondary N) is 1. The van der Waals surface area contributed by atoms with Crippen LogP contribution in [0.1, 0.15) is 31.9 Å². The molecule has 0 aromatic heterocycles. The minimum absolute atomic E-state index is 0.0489. The van der Waals surface area contributed by atoms with Crippen LogP contribution in [0.15, 0.2) is 82.2 Å². The minimum atomic E-state index is -4.15. The molecule has 39 heavy (non-hydrogen) atoms. The molecule has 0 fully saturated rings. The van der Waals surface area contributed by atoms with Crippen molar-refractivity contribution in [2.24, 2.45) is 0 Å². The van der Waals surface area contributed by atoms with Gasteiger partial charge in [-0.05, 0) is 69.7 Å². The number of carbonyl (C=O) groups excluding carboxylic acids is 2. The number of aryl methyl sites for hydroxylation is 1. The lowest BCUT2D eigenvalue weighted by Crippen LogP contribution is -2.52. The van der Waals surface area contributed by atoms with Crippen LogP contribution in [0.4, 0.5) is 5.69 Å². The van der Waals surface area contributed by atoms with E-state index in [9.17, 15) is 18.0 Å². The van der Waals surface area contributed by atoms with E-state index >= 15 is 0 Å². The third kappa shape index (κ3) is 7.83. The van der Waals surface area contributed by atoms with Crippen LogP contribution in [0.3, 0.4) is 0 Å². The molecule has 0 aliphatic rings. The number of rotatable bonds is 11. The molecule has 0 saturated heterocycles. The van der Waals surface area contributed by atoms with E-state index in [1.54, 1.807) is 43.3 Å². The monoisotopic (exact) mass is 615 g/mol. The van der Waals surface area contributed by atoms with Gasteiger partial charge >= 0.3 is 0 Å². The highest BCUT2D eigenvalue weighted by Gasteiger charge is 2.32. The van der Waals surface area contributed by atoms with Gasteiger partial charge in [-0.1, -0.05) is 51.8 Å². The number of methoxy groups -OCH3 is 1. The number of ether oxygens (including phenoxy) is 1. The van der Waals surface area contributed by atoms with Crippen molar-refractivity contribution in [3.05, 3.63) is 88.4 Å². The van der Waals surface area contributed by atoms with Crippen molar-refractivity contribution < 1.29 is 22.7 Å². The number of hydrogen-bond donors (Lipinski definition) is 1. The van der Waals surface area contributed by atoms with E-state index in [1.807, 2.05) is 45.0 Å². The van der Waals surface area contributed by atoms with E-state index < -0.39 is 28.5 Å². The first kappa shape index (κ1) is 30.2. The first-order chi connectivity index (χ1) is 18.4. The molecular weight excluding hydrogens is 582 g/mol. The smallest absolute Gasteiger partial charge is 0.264 e. The Morgan fingerprint density at radius 2 is 1.64 bits per heavy atom. The largest absolute Gasteiger partial charge is 0.497 e. The maximum Gasteiger partial charge on any atom is 0.264 e. The molecule has 1 N–H and O–H groups in total. The summed E-state index contributed by atoms with van der Waals surface area (Å²) in [4.78, 5) is 28.4. The van der Waals surface area contributed by atoms with Gasteiger partial charge in [0.05, 0.1) is 17.7 Å². The van der Waals surface area contributed by atoms with E-state index in [2.05, 4.69) is 21.2 Å². The van der Waals surface area contributed by atoms with Gasteiger partial charge in [0.15, 0.2) is 0 Å². The zero-order valence-electron chi connectivity index (χ0n) is 22.7. The number of hydrogen-bond acceptors (Lipinski definition) is 5. The van der Waals surface area contributed by atoms with Crippen molar-refractivity contribution >= 4 is 43.5 Å². The van der Waals surface area contributed by atoms with Gasteiger partial charge in [0.25, 0.3) is 10.0 Å². The molecule has 208 valence electrons. The lowest BCUT2D eigenvalue weighted by Gasteiger charge is -2.32. The fourth-order valence-electron chi connectivity index (χ4n) is 3.95. The fourth-order valence-corrected chi connectivity index (χ4v) is 5.80. The minimum Gasteiger partial charge on any atom is -0.497 e. The van der Waals surface area contributed by atoms with Gasteiger partial charge in [0, 0.05) is 23.1 Å². The first-order valence-corrected chi connectivity index (χ1v) is 14.7. The molecule has 0 aliphatic carbocycles. The van der Waals surface area contributed by atoms with Gasteiger partial charge in [0.2, 0.25) is 11.8 Å². The molecule has 1 atom stereocenters. The average molecular weight is 617 g/mol. The van der Waals surface area contributed by atoms with Crippen LogP contribution in [-0.2, 0) is 26.2 Å². The Labute approximate surface area is 239 Å². The summed E-state index contributed by atoms with van der Waals surface area (Å²) >= 11 is 3.45. The average Bonchev–Trinajstić information content (AvgIpc) is 2.89. The van der Waals surface area contributed by atoms with Gasteiger partial charge in [0.1, 0.15) is 18.3 Å². The van der Waals surface area contributed by atoms with E-state index in [0.717, 1.165) is 19.9 Å². The van der Waals surface area contributed by atoms with Crippen LogP contribution >= 0.6 is 15.9 Å². The Bertz CT molecular complexity index is 1410. The quantitative estimate of drug-likeness (QED) is 0.331. The van der Waals surface area contributed by atoms with Crippen molar-refractivity contribution in [3.63, 3.8) is 0 Å². The SMILES string of the molecule is COc1cccc(N(CC(=O)N(Cc2cccc(Br)c2)[C@@H](C)C(=O)NC(C)C)S(=O)(=O)c2ccc(C)cc2)c1. The Kier molecular flexibility index (Phi) is 10.2. The van der Waals surface area contributed by atoms with E-state index in [0.29, 0.717) is 5.75 Å². The Hall–Kier alpha value is -3.37. The van der Waals surface area contributed by atoms with E-state index in [-0.39, 0.29) is 29.1 Å². The molecule has 0 saturated carbocycles. The lowest BCUT2D eigenvalue weighted by molar-refractivity contribution is -0.139. The second kappa shape index (κ2) is 13.1. The number of anilines is 1. The van der Waals surface area contributed by atoms with Crippen LogP contribution in [0, 0.1) is 6.92 Å². The third-order valence-corrected chi connectivity index (χ3v) is 8.35. The summed E-state index contributed by atoms with van der Waals surface area (Å²) in [7, 11) is -2.66. The second-order valence-corrected chi connectivity index (χ2v) is 12.3. The highest BCUT2D eigenvalue weighted by Crippen LogP contribution is 2.28. The molecule has 3 aromatic rings. The summed E-state index contributed by atoms with van der Waals surface area (Å²) in [6.45, 7) is 6.77.